The number of nitrogens with one attached hydrogen (secondary N) is 2. The average Bonchev–Trinajstić information content (AvgIpc) is 3.42. The largest absolute Gasteiger partial charge is 0.310 e. The van der Waals surface area contributed by atoms with Gasteiger partial charge in [-0.1, -0.05) is 24.3 Å². The van der Waals surface area contributed by atoms with Crippen molar-refractivity contribution in [2.24, 2.45) is 0 Å². The monoisotopic (exact) mass is 451 g/mol. The number of hydrogen-bond acceptors (Lipinski definition) is 6. The van der Waals surface area contributed by atoms with Crippen molar-refractivity contribution in [3.8, 4) is 16.5 Å². The number of H-pyrrole nitrogens is 1. The summed E-state index contributed by atoms with van der Waals surface area (Å²) >= 11 is 3.18. The van der Waals surface area contributed by atoms with Crippen LogP contribution in [0.1, 0.15) is 17.7 Å². The third-order valence-electron chi connectivity index (χ3n) is 4.67. The molecule has 0 radical (unpaired) electrons. The predicted octanol–water partition coefficient (Wildman–Crippen LogP) is 4.42. The Bertz CT molecular complexity index is 1250. The molecule has 4 aromatic rings. The number of rotatable bonds is 7. The van der Waals surface area contributed by atoms with E-state index in [0.29, 0.717) is 34.9 Å². The standard InChI is InChI=1S/C22H21N5O2S2/c1-14-15(2)23-22(25-21(14)29)27-19(13-17(26-27)18-9-6-11-31-18)24-20(28)10-12-30-16-7-4-3-5-8-16/h3-9,11,13H,10,12H2,1-2H3,(H,24,28)(H,23,25,29). The Hall–Kier alpha value is -3.17. The minimum Gasteiger partial charge on any atom is -0.310 e. The van der Waals surface area contributed by atoms with Crippen LogP contribution in [0.25, 0.3) is 16.5 Å². The third kappa shape index (κ3) is 4.95. The fourth-order valence-electron chi connectivity index (χ4n) is 2.89. The number of nitrogens with zero attached hydrogens (tertiary/aromatic N) is 3. The Morgan fingerprint density at radius 1 is 1.19 bits per heavy atom. The molecule has 3 aromatic heterocycles. The van der Waals surface area contributed by atoms with Gasteiger partial charge in [0, 0.05) is 34.4 Å². The Balaban J connectivity index is 1.57. The van der Waals surface area contributed by atoms with Crippen molar-refractivity contribution in [3.63, 3.8) is 0 Å². The lowest BCUT2D eigenvalue weighted by atomic mass is 10.3. The predicted molar refractivity (Wildman–Crippen MR) is 125 cm³/mol. The summed E-state index contributed by atoms with van der Waals surface area (Å²) in [6, 6.07) is 15.6. The fraction of sp³-hybridized carbons (Fsp3) is 0.182. The van der Waals surface area contributed by atoms with Crippen LogP contribution in [-0.4, -0.2) is 31.4 Å². The first-order chi connectivity index (χ1) is 15.0. The van der Waals surface area contributed by atoms with Gasteiger partial charge < -0.3 is 5.32 Å². The molecule has 0 spiro atoms. The van der Waals surface area contributed by atoms with Gasteiger partial charge in [0.2, 0.25) is 11.9 Å². The van der Waals surface area contributed by atoms with E-state index in [1.54, 1.807) is 43.0 Å². The molecule has 158 valence electrons. The molecule has 7 nitrogen and oxygen atoms in total. The van der Waals surface area contributed by atoms with Crippen LogP contribution in [0.15, 0.2) is 63.6 Å². The van der Waals surface area contributed by atoms with E-state index in [4.69, 9.17) is 0 Å². The lowest BCUT2D eigenvalue weighted by Crippen LogP contribution is -2.21. The zero-order valence-electron chi connectivity index (χ0n) is 17.1. The summed E-state index contributed by atoms with van der Waals surface area (Å²) in [7, 11) is 0. The van der Waals surface area contributed by atoms with Gasteiger partial charge in [-0.25, -0.2) is 4.98 Å². The number of aryl methyl sites for hydroxylation is 1. The van der Waals surface area contributed by atoms with Crippen LogP contribution in [0.4, 0.5) is 5.82 Å². The van der Waals surface area contributed by atoms with Gasteiger partial charge in [0.1, 0.15) is 11.5 Å². The lowest BCUT2D eigenvalue weighted by molar-refractivity contribution is -0.115. The highest BCUT2D eigenvalue weighted by molar-refractivity contribution is 7.99. The van der Waals surface area contributed by atoms with Crippen LogP contribution in [0.2, 0.25) is 0 Å². The summed E-state index contributed by atoms with van der Waals surface area (Å²) in [4.78, 5) is 34.2. The van der Waals surface area contributed by atoms with Crippen molar-refractivity contribution in [2.45, 2.75) is 25.2 Å². The zero-order valence-corrected chi connectivity index (χ0v) is 18.7. The van der Waals surface area contributed by atoms with E-state index >= 15 is 0 Å². The molecule has 0 bridgehead atoms. The molecular weight excluding hydrogens is 430 g/mol. The number of hydrogen-bond donors (Lipinski definition) is 2. The van der Waals surface area contributed by atoms with Crippen molar-refractivity contribution >= 4 is 34.8 Å². The fourth-order valence-corrected chi connectivity index (χ4v) is 4.44. The quantitative estimate of drug-likeness (QED) is 0.406. The number of aromatic amines is 1. The Labute approximate surface area is 187 Å². The van der Waals surface area contributed by atoms with E-state index in [-0.39, 0.29) is 17.4 Å². The first-order valence-electron chi connectivity index (χ1n) is 9.71. The minimum atomic E-state index is -0.229. The lowest BCUT2D eigenvalue weighted by Gasteiger charge is -2.09. The summed E-state index contributed by atoms with van der Waals surface area (Å²) in [6.07, 6.45) is 0.343. The van der Waals surface area contributed by atoms with E-state index in [1.807, 2.05) is 47.8 Å². The number of carbonyl (C=O) groups is 1. The number of carbonyl (C=O) groups excluding carboxylic acids is 1. The number of aromatic nitrogens is 4. The van der Waals surface area contributed by atoms with Gasteiger partial charge in [-0.15, -0.1) is 23.1 Å². The van der Waals surface area contributed by atoms with Gasteiger partial charge in [0.25, 0.3) is 5.56 Å². The van der Waals surface area contributed by atoms with Crippen LogP contribution in [-0.2, 0) is 4.79 Å². The van der Waals surface area contributed by atoms with Crippen molar-refractivity contribution in [1.82, 2.24) is 19.7 Å². The topological polar surface area (TPSA) is 92.7 Å². The van der Waals surface area contributed by atoms with Crippen LogP contribution in [0, 0.1) is 13.8 Å². The number of thioether (sulfide) groups is 1. The van der Waals surface area contributed by atoms with Gasteiger partial charge in [-0.2, -0.15) is 9.78 Å². The number of benzene rings is 1. The molecule has 0 fully saturated rings. The molecule has 0 saturated carbocycles. The van der Waals surface area contributed by atoms with Gasteiger partial charge in [0.15, 0.2) is 0 Å². The summed E-state index contributed by atoms with van der Waals surface area (Å²) in [5.41, 5.74) is 1.64. The van der Waals surface area contributed by atoms with Gasteiger partial charge in [-0.05, 0) is 37.4 Å². The molecule has 0 saturated heterocycles. The van der Waals surface area contributed by atoms with Crippen LogP contribution in [0.5, 0.6) is 0 Å². The Morgan fingerprint density at radius 3 is 2.71 bits per heavy atom. The SMILES string of the molecule is Cc1nc(-n2nc(-c3cccs3)cc2NC(=O)CCSc2ccccc2)[nH]c(=O)c1C. The molecule has 1 amide bonds. The van der Waals surface area contributed by atoms with Crippen molar-refractivity contribution in [2.75, 3.05) is 11.1 Å². The van der Waals surface area contributed by atoms with E-state index in [1.165, 1.54) is 4.68 Å². The summed E-state index contributed by atoms with van der Waals surface area (Å²) in [6.45, 7) is 3.50. The molecular formula is C22H21N5O2S2. The maximum Gasteiger partial charge on any atom is 0.255 e. The van der Waals surface area contributed by atoms with Gasteiger partial charge >= 0.3 is 0 Å². The smallest absolute Gasteiger partial charge is 0.255 e. The normalized spacial score (nSPS) is 10.9. The highest BCUT2D eigenvalue weighted by Gasteiger charge is 2.17. The molecule has 0 aliphatic heterocycles. The van der Waals surface area contributed by atoms with E-state index < -0.39 is 0 Å². The highest BCUT2D eigenvalue weighted by atomic mass is 32.2. The molecule has 3 heterocycles. The number of amides is 1. The van der Waals surface area contributed by atoms with Crippen molar-refractivity contribution in [3.05, 3.63) is 75.5 Å². The highest BCUT2D eigenvalue weighted by Crippen LogP contribution is 2.27. The molecule has 9 heteroatoms. The summed E-state index contributed by atoms with van der Waals surface area (Å²) < 4.78 is 1.48. The summed E-state index contributed by atoms with van der Waals surface area (Å²) in [5.74, 6) is 1.25. The molecule has 0 aliphatic carbocycles. The second-order valence-corrected chi connectivity index (χ2v) is 8.98. The van der Waals surface area contributed by atoms with E-state index in [2.05, 4.69) is 20.4 Å². The Kier molecular flexibility index (Phi) is 6.34. The van der Waals surface area contributed by atoms with Gasteiger partial charge in [-0.3, -0.25) is 14.6 Å². The number of thiophene rings is 1. The number of anilines is 1. The van der Waals surface area contributed by atoms with Crippen LogP contribution < -0.4 is 10.9 Å². The molecule has 1 aromatic carbocycles. The first-order valence-corrected chi connectivity index (χ1v) is 11.6. The van der Waals surface area contributed by atoms with Crippen molar-refractivity contribution < 1.29 is 4.79 Å². The minimum absolute atomic E-state index is 0.131. The maximum atomic E-state index is 12.6. The second-order valence-electron chi connectivity index (χ2n) is 6.86. The molecule has 31 heavy (non-hydrogen) atoms. The van der Waals surface area contributed by atoms with Gasteiger partial charge in [0.05, 0.1) is 4.88 Å². The average molecular weight is 452 g/mol. The summed E-state index contributed by atoms with van der Waals surface area (Å²) in [5, 5.41) is 9.47. The van der Waals surface area contributed by atoms with Crippen LogP contribution in [0.3, 0.4) is 0 Å². The zero-order chi connectivity index (χ0) is 21.8. The second kappa shape index (κ2) is 9.32. The Morgan fingerprint density at radius 2 is 2.00 bits per heavy atom. The van der Waals surface area contributed by atoms with Crippen LogP contribution >= 0.6 is 23.1 Å². The van der Waals surface area contributed by atoms with E-state index in [0.717, 1.165) is 9.77 Å². The van der Waals surface area contributed by atoms with Crippen molar-refractivity contribution in [1.29, 1.82) is 0 Å². The molecule has 2 N–H and O–H groups in total. The molecule has 4 rings (SSSR count). The third-order valence-corrected chi connectivity index (χ3v) is 6.58. The molecule has 0 aliphatic rings. The van der Waals surface area contributed by atoms with E-state index in [9.17, 15) is 9.59 Å². The molecule has 0 atom stereocenters. The maximum absolute atomic E-state index is 12.6. The first kappa shape index (κ1) is 21.1. The molecule has 0 unspecified atom stereocenters.